The van der Waals surface area contributed by atoms with Crippen molar-refractivity contribution in [3.05, 3.63) is 35.9 Å². The molecule has 1 aromatic rings. The van der Waals surface area contributed by atoms with Crippen molar-refractivity contribution in [2.24, 2.45) is 0 Å². The van der Waals surface area contributed by atoms with Crippen molar-refractivity contribution >= 4 is 29.6 Å². The van der Waals surface area contributed by atoms with E-state index in [1.807, 2.05) is 0 Å². The Morgan fingerprint density at radius 2 is 1.57 bits per heavy atom. The molecule has 0 aliphatic carbocycles. The summed E-state index contributed by atoms with van der Waals surface area (Å²) >= 11 is 5.78. The van der Waals surface area contributed by atoms with Crippen LogP contribution in [0.1, 0.15) is 10.4 Å². The second-order valence-electron chi connectivity index (χ2n) is 4.55. The van der Waals surface area contributed by atoms with Crippen LogP contribution in [0.25, 0.3) is 0 Å². The maximum absolute atomic E-state index is 12.4. The van der Waals surface area contributed by atoms with E-state index < -0.39 is 29.9 Å². The van der Waals surface area contributed by atoms with Gasteiger partial charge in [0, 0.05) is 18.7 Å². The van der Waals surface area contributed by atoms with Gasteiger partial charge in [0.15, 0.2) is 12.1 Å². The van der Waals surface area contributed by atoms with Crippen LogP contribution < -0.4 is 0 Å². The second kappa shape index (κ2) is 6.11. The van der Waals surface area contributed by atoms with Gasteiger partial charge in [-0.3, -0.25) is 9.59 Å². The average molecular weight is 313 g/mol. The van der Waals surface area contributed by atoms with E-state index in [0.29, 0.717) is 5.56 Å². The Balaban J connectivity index is 2.35. The molecule has 0 spiro atoms. The number of amides is 1. The van der Waals surface area contributed by atoms with Gasteiger partial charge in [0.2, 0.25) is 0 Å². The van der Waals surface area contributed by atoms with Gasteiger partial charge in [-0.05, 0) is 23.9 Å². The van der Waals surface area contributed by atoms with Gasteiger partial charge in [-0.15, -0.1) is 0 Å². The summed E-state index contributed by atoms with van der Waals surface area (Å²) in [6.07, 6.45) is 0. The van der Waals surface area contributed by atoms with Gasteiger partial charge >= 0.3 is 11.9 Å². The number of carbonyl (C=O) groups is 3. The maximum Gasteiger partial charge on any atom is 0.328 e. The molecule has 8 heteroatoms. The first-order valence-electron chi connectivity index (χ1n) is 6.17. The van der Waals surface area contributed by atoms with Gasteiger partial charge in [0.1, 0.15) is 0 Å². The van der Waals surface area contributed by atoms with Crippen molar-refractivity contribution in [1.82, 2.24) is 9.32 Å². The molecule has 1 aromatic carbocycles. The summed E-state index contributed by atoms with van der Waals surface area (Å²) in [5.74, 6) is -3.32. The van der Waals surface area contributed by atoms with Crippen LogP contribution in [0.4, 0.5) is 0 Å². The predicted molar refractivity (Wildman–Crippen MR) is 72.9 cm³/mol. The normalized spacial score (nSPS) is 22.8. The van der Waals surface area contributed by atoms with Crippen LogP contribution in [0.3, 0.4) is 0 Å². The van der Waals surface area contributed by atoms with E-state index in [9.17, 15) is 24.6 Å². The zero-order valence-corrected chi connectivity index (χ0v) is 11.6. The molecule has 1 amide bonds. The molecule has 1 aliphatic rings. The zero-order chi connectivity index (χ0) is 15.6. The van der Waals surface area contributed by atoms with Crippen molar-refractivity contribution < 1.29 is 24.6 Å². The molecular formula is C13H13ClN2O5. The Morgan fingerprint density at radius 3 is 2.10 bits per heavy atom. The Labute approximate surface area is 125 Å². The second-order valence-corrected chi connectivity index (χ2v) is 4.99. The van der Waals surface area contributed by atoms with Gasteiger partial charge in [0.05, 0.1) is 0 Å². The molecule has 0 radical (unpaired) electrons. The quantitative estimate of drug-likeness (QED) is 0.789. The number of carboxylic acid groups (broad SMARTS) is 2. The summed E-state index contributed by atoms with van der Waals surface area (Å²) in [7, 11) is 0. The van der Waals surface area contributed by atoms with E-state index in [2.05, 4.69) is 0 Å². The molecule has 7 nitrogen and oxygen atoms in total. The highest BCUT2D eigenvalue weighted by atomic mass is 35.5. The van der Waals surface area contributed by atoms with Gasteiger partial charge < -0.3 is 15.1 Å². The first-order valence-corrected chi connectivity index (χ1v) is 6.51. The smallest absolute Gasteiger partial charge is 0.328 e. The largest absolute Gasteiger partial charge is 0.480 e. The molecular weight excluding hydrogens is 300 g/mol. The monoisotopic (exact) mass is 312 g/mol. The summed E-state index contributed by atoms with van der Waals surface area (Å²) in [5.41, 5.74) is 0.302. The Hall–Kier alpha value is -2.12. The number of hydrogen-bond acceptors (Lipinski definition) is 4. The zero-order valence-electron chi connectivity index (χ0n) is 10.8. The van der Waals surface area contributed by atoms with Crippen LogP contribution in [0.5, 0.6) is 0 Å². The van der Waals surface area contributed by atoms with Crippen molar-refractivity contribution in [2.45, 2.75) is 12.1 Å². The lowest BCUT2D eigenvalue weighted by atomic mass is 10.0. The summed E-state index contributed by atoms with van der Waals surface area (Å²) in [6, 6.07) is 5.08. The molecule has 1 aliphatic heterocycles. The summed E-state index contributed by atoms with van der Waals surface area (Å²) in [5, 5.41) is 18.5. The van der Waals surface area contributed by atoms with Gasteiger partial charge in [-0.2, -0.15) is 0 Å². The standard InChI is InChI=1S/C13H13ClN2O5/c14-16-7-6-15(9(12(18)19)10(16)13(20)21)11(17)8-4-2-1-3-5-8/h1-5,9-10H,6-7H2,(H,18,19)(H,20,21). The summed E-state index contributed by atoms with van der Waals surface area (Å²) in [4.78, 5) is 36.1. The lowest BCUT2D eigenvalue weighted by Crippen LogP contribution is -2.64. The van der Waals surface area contributed by atoms with Gasteiger partial charge in [-0.1, -0.05) is 18.2 Å². The van der Waals surface area contributed by atoms with Crippen LogP contribution in [0, 0.1) is 0 Å². The molecule has 2 rings (SSSR count). The molecule has 1 heterocycles. The van der Waals surface area contributed by atoms with E-state index in [-0.39, 0.29) is 13.1 Å². The molecule has 2 N–H and O–H groups in total. The third-order valence-electron chi connectivity index (χ3n) is 3.28. The molecule has 0 saturated carbocycles. The first-order chi connectivity index (χ1) is 9.93. The minimum atomic E-state index is -1.54. The number of piperazine rings is 1. The average Bonchev–Trinajstić information content (AvgIpc) is 2.46. The minimum absolute atomic E-state index is 0.0397. The highest BCUT2D eigenvalue weighted by Crippen LogP contribution is 2.22. The highest BCUT2D eigenvalue weighted by Gasteiger charge is 2.47. The molecule has 112 valence electrons. The van der Waals surface area contributed by atoms with E-state index >= 15 is 0 Å². The lowest BCUT2D eigenvalue weighted by Gasteiger charge is -2.40. The number of benzene rings is 1. The fourth-order valence-corrected chi connectivity index (χ4v) is 2.57. The number of carboxylic acids is 2. The van der Waals surface area contributed by atoms with E-state index in [1.54, 1.807) is 30.3 Å². The SMILES string of the molecule is O=C(O)C1C(C(=O)O)N(C(=O)c2ccccc2)CCN1Cl. The van der Waals surface area contributed by atoms with Crippen molar-refractivity contribution in [1.29, 1.82) is 0 Å². The molecule has 2 atom stereocenters. The van der Waals surface area contributed by atoms with Gasteiger partial charge in [0.25, 0.3) is 5.91 Å². The third kappa shape index (κ3) is 2.98. The minimum Gasteiger partial charge on any atom is -0.480 e. The topological polar surface area (TPSA) is 98.1 Å². The molecule has 2 unspecified atom stereocenters. The van der Waals surface area contributed by atoms with E-state index in [1.165, 1.54) is 0 Å². The van der Waals surface area contributed by atoms with Crippen LogP contribution >= 0.6 is 11.8 Å². The van der Waals surface area contributed by atoms with Gasteiger partial charge in [-0.25, -0.2) is 9.21 Å². The molecule has 0 aromatic heterocycles. The lowest BCUT2D eigenvalue weighted by molar-refractivity contribution is -0.156. The summed E-state index contributed by atoms with van der Waals surface area (Å²) < 4.78 is 0.913. The Kier molecular flexibility index (Phi) is 4.44. The van der Waals surface area contributed by atoms with Crippen LogP contribution in [0.15, 0.2) is 30.3 Å². The van der Waals surface area contributed by atoms with Crippen LogP contribution in [0.2, 0.25) is 0 Å². The van der Waals surface area contributed by atoms with E-state index in [4.69, 9.17) is 11.8 Å². The first kappa shape index (κ1) is 15.3. The number of rotatable bonds is 3. The summed E-state index contributed by atoms with van der Waals surface area (Å²) in [6.45, 7) is 0.110. The fourth-order valence-electron chi connectivity index (χ4n) is 2.30. The highest BCUT2D eigenvalue weighted by molar-refractivity contribution is 6.15. The fraction of sp³-hybridized carbons (Fsp3) is 0.308. The van der Waals surface area contributed by atoms with Crippen molar-refractivity contribution in [3.8, 4) is 0 Å². The predicted octanol–water partition coefficient (Wildman–Crippen LogP) is 0.505. The van der Waals surface area contributed by atoms with Crippen molar-refractivity contribution in [2.75, 3.05) is 13.1 Å². The van der Waals surface area contributed by atoms with Crippen molar-refractivity contribution in [3.63, 3.8) is 0 Å². The molecule has 1 fully saturated rings. The number of aliphatic carboxylic acids is 2. The number of halogens is 1. The Morgan fingerprint density at radius 1 is 1.00 bits per heavy atom. The maximum atomic E-state index is 12.4. The number of carbonyl (C=O) groups excluding carboxylic acids is 1. The third-order valence-corrected chi connectivity index (χ3v) is 3.66. The van der Waals surface area contributed by atoms with E-state index in [0.717, 1.165) is 9.32 Å². The molecule has 21 heavy (non-hydrogen) atoms. The number of nitrogens with zero attached hydrogens (tertiary/aromatic N) is 2. The molecule has 0 bridgehead atoms. The van der Waals surface area contributed by atoms with Crippen LogP contribution in [-0.2, 0) is 9.59 Å². The molecule has 1 saturated heterocycles. The number of hydrogen-bond donors (Lipinski definition) is 2. The van der Waals surface area contributed by atoms with Crippen LogP contribution in [-0.4, -0.2) is 62.6 Å². The Bertz CT molecular complexity index is 565.